The van der Waals surface area contributed by atoms with E-state index in [-0.39, 0.29) is 5.01 Å². The van der Waals surface area contributed by atoms with Crippen molar-refractivity contribution in [3.8, 4) is 16.5 Å². The summed E-state index contributed by atoms with van der Waals surface area (Å²) in [6.07, 6.45) is -1.11. The van der Waals surface area contributed by atoms with Crippen molar-refractivity contribution in [2.24, 2.45) is 0 Å². The third-order valence-corrected chi connectivity index (χ3v) is 3.06. The highest BCUT2D eigenvalue weighted by Gasteiger charge is 2.12. The first-order valence-corrected chi connectivity index (χ1v) is 5.27. The van der Waals surface area contributed by atoms with Gasteiger partial charge in [-0.25, -0.2) is 13.8 Å². The molecule has 0 aliphatic carbocycles. The van der Waals surface area contributed by atoms with Crippen molar-refractivity contribution in [2.45, 2.75) is 6.43 Å². The molecule has 0 bridgehead atoms. The Hall–Kier alpha value is -1.80. The third kappa shape index (κ3) is 2.07. The normalized spacial score (nSPS) is 10.4. The molecule has 2 nitrogen and oxygen atoms in total. The van der Waals surface area contributed by atoms with Gasteiger partial charge in [0.05, 0.1) is 16.5 Å². The molecule has 0 aliphatic heterocycles. The lowest BCUT2D eigenvalue weighted by atomic mass is 10.1. The summed E-state index contributed by atoms with van der Waals surface area (Å²) < 4.78 is 24.6. The number of hydrogen-bond donors (Lipinski definition) is 0. The van der Waals surface area contributed by atoms with E-state index in [1.807, 2.05) is 6.07 Å². The highest BCUT2D eigenvalue weighted by molar-refractivity contribution is 7.15. The second kappa shape index (κ2) is 4.37. The van der Waals surface area contributed by atoms with Crippen LogP contribution in [-0.2, 0) is 0 Å². The van der Waals surface area contributed by atoms with Crippen LogP contribution in [0.15, 0.2) is 30.5 Å². The molecular formula is C11H6F2N2S. The molecule has 0 unspecified atom stereocenters. The third-order valence-electron chi connectivity index (χ3n) is 2.01. The molecule has 1 aromatic carbocycles. The predicted molar refractivity (Wildman–Crippen MR) is 57.2 cm³/mol. The number of nitrogens with zero attached hydrogens (tertiary/aromatic N) is 2. The van der Waals surface area contributed by atoms with E-state index in [9.17, 15) is 8.78 Å². The average Bonchev–Trinajstić information content (AvgIpc) is 2.78. The smallest absolute Gasteiger partial charge is 0.243 e. The molecule has 2 aromatic rings. The lowest BCUT2D eigenvalue weighted by Gasteiger charge is -1.95. The molecule has 0 radical (unpaired) electrons. The molecule has 0 saturated carbocycles. The summed E-state index contributed by atoms with van der Waals surface area (Å²) in [5.74, 6) is 0. The zero-order valence-electron chi connectivity index (χ0n) is 8.02. The summed E-state index contributed by atoms with van der Waals surface area (Å²) in [4.78, 5) is 4.32. The van der Waals surface area contributed by atoms with E-state index < -0.39 is 6.43 Å². The Bertz CT molecular complexity index is 526. The Morgan fingerprint density at radius 3 is 2.44 bits per heavy atom. The highest BCUT2D eigenvalue weighted by Crippen LogP contribution is 2.31. The number of aromatic nitrogens is 1. The summed E-state index contributed by atoms with van der Waals surface area (Å²) >= 11 is 0.964. The topological polar surface area (TPSA) is 36.7 Å². The van der Waals surface area contributed by atoms with Crippen LogP contribution in [0.5, 0.6) is 0 Å². The van der Waals surface area contributed by atoms with Gasteiger partial charge in [-0.2, -0.15) is 5.26 Å². The van der Waals surface area contributed by atoms with Crippen molar-refractivity contribution >= 4 is 11.3 Å². The van der Waals surface area contributed by atoms with Gasteiger partial charge in [0.15, 0.2) is 5.01 Å². The number of thiazole rings is 1. The van der Waals surface area contributed by atoms with Crippen molar-refractivity contribution < 1.29 is 8.78 Å². The maximum Gasteiger partial charge on any atom is 0.289 e. The number of nitriles is 1. The standard InChI is InChI=1S/C11H6F2N2S/c12-10(13)11-15-6-9(16-11)8-3-1-7(5-14)2-4-8/h1-4,6,10H. The van der Waals surface area contributed by atoms with Crippen molar-refractivity contribution in [2.75, 3.05) is 0 Å². The van der Waals surface area contributed by atoms with Crippen LogP contribution in [0.1, 0.15) is 17.0 Å². The van der Waals surface area contributed by atoms with Crippen molar-refractivity contribution in [3.05, 3.63) is 41.0 Å². The van der Waals surface area contributed by atoms with Gasteiger partial charge in [0, 0.05) is 6.20 Å². The number of hydrogen-bond acceptors (Lipinski definition) is 3. The van der Waals surface area contributed by atoms with Crippen LogP contribution < -0.4 is 0 Å². The highest BCUT2D eigenvalue weighted by atomic mass is 32.1. The van der Waals surface area contributed by atoms with Gasteiger partial charge in [-0.15, -0.1) is 11.3 Å². The number of benzene rings is 1. The van der Waals surface area contributed by atoms with Crippen LogP contribution in [-0.4, -0.2) is 4.98 Å². The monoisotopic (exact) mass is 236 g/mol. The minimum absolute atomic E-state index is 0.181. The van der Waals surface area contributed by atoms with Crippen LogP contribution in [0.4, 0.5) is 8.78 Å². The molecule has 80 valence electrons. The molecule has 0 aliphatic rings. The fraction of sp³-hybridized carbons (Fsp3) is 0.0909. The summed E-state index contributed by atoms with van der Waals surface area (Å²) in [7, 11) is 0. The lowest BCUT2D eigenvalue weighted by molar-refractivity contribution is 0.151. The second-order valence-electron chi connectivity index (χ2n) is 3.05. The molecule has 1 aromatic heterocycles. The largest absolute Gasteiger partial charge is 0.289 e. The van der Waals surface area contributed by atoms with Crippen LogP contribution >= 0.6 is 11.3 Å². The maximum atomic E-state index is 12.3. The molecule has 2 rings (SSSR count). The van der Waals surface area contributed by atoms with E-state index in [0.29, 0.717) is 10.4 Å². The van der Waals surface area contributed by atoms with Gasteiger partial charge in [-0.05, 0) is 17.7 Å². The van der Waals surface area contributed by atoms with E-state index in [0.717, 1.165) is 16.9 Å². The average molecular weight is 236 g/mol. The Kier molecular flexibility index (Phi) is 2.93. The first-order chi connectivity index (χ1) is 7.70. The van der Waals surface area contributed by atoms with Gasteiger partial charge in [-0.1, -0.05) is 12.1 Å². The van der Waals surface area contributed by atoms with Gasteiger partial charge in [-0.3, -0.25) is 0 Å². The molecule has 0 saturated heterocycles. The number of halogens is 2. The summed E-state index contributed by atoms with van der Waals surface area (Å²) in [6.45, 7) is 0. The fourth-order valence-corrected chi connectivity index (χ4v) is 2.01. The summed E-state index contributed by atoms with van der Waals surface area (Å²) in [5, 5.41) is 8.44. The van der Waals surface area contributed by atoms with Crippen LogP contribution in [0.25, 0.3) is 10.4 Å². The minimum atomic E-state index is -2.53. The molecular weight excluding hydrogens is 230 g/mol. The molecule has 0 amide bonds. The number of alkyl halides is 2. The first kappa shape index (κ1) is 10.7. The van der Waals surface area contributed by atoms with E-state index in [1.165, 1.54) is 6.20 Å². The first-order valence-electron chi connectivity index (χ1n) is 4.45. The fourth-order valence-electron chi connectivity index (χ4n) is 1.23. The molecule has 0 atom stereocenters. The van der Waals surface area contributed by atoms with Gasteiger partial charge < -0.3 is 0 Å². The van der Waals surface area contributed by atoms with Gasteiger partial charge in [0.1, 0.15) is 0 Å². The SMILES string of the molecule is N#Cc1ccc(-c2cnc(C(F)F)s2)cc1. The lowest BCUT2D eigenvalue weighted by Crippen LogP contribution is -1.77. The second-order valence-corrected chi connectivity index (χ2v) is 4.11. The molecule has 0 N–H and O–H groups in total. The van der Waals surface area contributed by atoms with Crippen LogP contribution in [0.2, 0.25) is 0 Å². The molecule has 1 heterocycles. The number of rotatable bonds is 2. The molecule has 0 fully saturated rings. The van der Waals surface area contributed by atoms with Crippen LogP contribution in [0.3, 0.4) is 0 Å². The Balaban J connectivity index is 2.32. The maximum absolute atomic E-state index is 12.3. The van der Waals surface area contributed by atoms with E-state index in [4.69, 9.17) is 5.26 Å². The Morgan fingerprint density at radius 2 is 1.94 bits per heavy atom. The summed E-state index contributed by atoms with van der Waals surface area (Å²) in [6, 6.07) is 8.74. The van der Waals surface area contributed by atoms with Crippen molar-refractivity contribution in [1.82, 2.24) is 4.98 Å². The van der Waals surface area contributed by atoms with E-state index >= 15 is 0 Å². The summed E-state index contributed by atoms with van der Waals surface area (Å²) in [5.41, 5.74) is 1.34. The minimum Gasteiger partial charge on any atom is -0.243 e. The van der Waals surface area contributed by atoms with Gasteiger partial charge >= 0.3 is 0 Å². The molecule has 0 spiro atoms. The van der Waals surface area contributed by atoms with E-state index in [2.05, 4.69) is 4.98 Å². The zero-order valence-corrected chi connectivity index (χ0v) is 8.84. The predicted octanol–water partition coefficient (Wildman–Crippen LogP) is 3.62. The van der Waals surface area contributed by atoms with Crippen LogP contribution in [0, 0.1) is 11.3 Å². The molecule has 5 heteroatoms. The van der Waals surface area contributed by atoms with Crippen molar-refractivity contribution in [1.29, 1.82) is 5.26 Å². The molecule has 16 heavy (non-hydrogen) atoms. The Labute approximate surface area is 94.8 Å². The quantitative estimate of drug-likeness (QED) is 0.798. The van der Waals surface area contributed by atoms with E-state index in [1.54, 1.807) is 24.3 Å². The Morgan fingerprint density at radius 1 is 1.25 bits per heavy atom. The zero-order chi connectivity index (χ0) is 11.5. The van der Waals surface area contributed by atoms with Gasteiger partial charge in [0.25, 0.3) is 6.43 Å². The van der Waals surface area contributed by atoms with Crippen molar-refractivity contribution in [3.63, 3.8) is 0 Å². The van der Waals surface area contributed by atoms with Gasteiger partial charge in [0.2, 0.25) is 0 Å².